The molecule has 9 nitrogen and oxygen atoms in total. The number of imidazole rings is 1. The first-order valence-corrected chi connectivity index (χ1v) is 8.59. The Balaban J connectivity index is 1.63. The fraction of sp³-hybridized carbons (Fsp3) is 0.263. The van der Waals surface area contributed by atoms with E-state index in [2.05, 4.69) is 10.3 Å². The van der Waals surface area contributed by atoms with Crippen LogP contribution in [-0.2, 0) is 17.8 Å². The number of carbonyl (C=O) groups is 1. The van der Waals surface area contributed by atoms with Crippen molar-refractivity contribution in [2.75, 3.05) is 20.8 Å². The molecule has 0 bridgehead atoms. The van der Waals surface area contributed by atoms with Crippen molar-refractivity contribution in [3.05, 3.63) is 58.4 Å². The number of ether oxygens (including phenoxy) is 2. The van der Waals surface area contributed by atoms with Gasteiger partial charge in [-0.05, 0) is 30.2 Å². The van der Waals surface area contributed by atoms with Crippen LogP contribution in [0.25, 0.3) is 11.0 Å². The number of nitrogens with one attached hydrogen (secondary N) is 1. The van der Waals surface area contributed by atoms with Crippen LogP contribution >= 0.6 is 0 Å². The van der Waals surface area contributed by atoms with Gasteiger partial charge in [-0.25, -0.2) is 4.98 Å². The van der Waals surface area contributed by atoms with Gasteiger partial charge in [0.05, 0.1) is 31.0 Å². The summed E-state index contributed by atoms with van der Waals surface area (Å²) in [7, 11) is 3.14. The highest BCUT2D eigenvalue weighted by atomic mass is 16.6. The molecule has 0 radical (unpaired) electrons. The maximum atomic E-state index is 12.3. The lowest BCUT2D eigenvalue weighted by atomic mass is 10.1. The average Bonchev–Trinajstić information content (AvgIpc) is 3.10. The Morgan fingerprint density at radius 1 is 1.21 bits per heavy atom. The molecule has 0 spiro atoms. The lowest BCUT2D eigenvalue weighted by molar-refractivity contribution is -0.383. The van der Waals surface area contributed by atoms with Gasteiger partial charge < -0.3 is 19.4 Å². The van der Waals surface area contributed by atoms with Gasteiger partial charge in [-0.2, -0.15) is 0 Å². The van der Waals surface area contributed by atoms with Crippen molar-refractivity contribution in [2.45, 2.75) is 13.0 Å². The van der Waals surface area contributed by atoms with Crippen molar-refractivity contribution in [1.82, 2.24) is 14.9 Å². The Morgan fingerprint density at radius 2 is 2.00 bits per heavy atom. The van der Waals surface area contributed by atoms with E-state index < -0.39 is 4.92 Å². The third-order valence-electron chi connectivity index (χ3n) is 4.31. The first-order chi connectivity index (χ1) is 13.5. The van der Waals surface area contributed by atoms with E-state index in [1.54, 1.807) is 26.4 Å². The maximum Gasteiger partial charge on any atom is 0.295 e. The van der Waals surface area contributed by atoms with E-state index in [-0.39, 0.29) is 18.1 Å². The molecule has 28 heavy (non-hydrogen) atoms. The zero-order valence-corrected chi connectivity index (χ0v) is 15.5. The number of non-ortho nitro benzene ring substituents is 1. The minimum Gasteiger partial charge on any atom is -0.493 e. The predicted octanol–water partition coefficient (Wildman–Crippen LogP) is 2.32. The van der Waals surface area contributed by atoms with Crippen LogP contribution in [0.4, 0.5) is 5.69 Å². The Kier molecular flexibility index (Phi) is 5.73. The molecule has 0 fully saturated rings. The van der Waals surface area contributed by atoms with Gasteiger partial charge in [-0.3, -0.25) is 14.9 Å². The highest BCUT2D eigenvalue weighted by Gasteiger charge is 2.17. The highest BCUT2D eigenvalue weighted by Crippen LogP contribution is 2.27. The lowest BCUT2D eigenvalue weighted by Gasteiger charge is -2.10. The summed E-state index contributed by atoms with van der Waals surface area (Å²) in [6.45, 7) is 0.371. The third-order valence-corrected chi connectivity index (χ3v) is 4.31. The number of para-hydroxylation sites is 1. The monoisotopic (exact) mass is 384 g/mol. The zero-order chi connectivity index (χ0) is 20.1. The summed E-state index contributed by atoms with van der Waals surface area (Å²) in [5, 5.41) is 14.0. The fourth-order valence-corrected chi connectivity index (χ4v) is 2.97. The standard InChI is InChI=1S/C19H20N4O5/c1-27-16-7-6-13(10-17(16)28-2)8-9-20-18(24)11-22-12-21-14-4-3-5-15(19(14)22)23(25)26/h3-7,10,12H,8-9,11H2,1-2H3,(H,20,24). The molecule has 9 heteroatoms. The van der Waals surface area contributed by atoms with Crippen LogP contribution in [0.15, 0.2) is 42.7 Å². The van der Waals surface area contributed by atoms with Crippen molar-refractivity contribution < 1.29 is 19.2 Å². The average molecular weight is 384 g/mol. The number of methoxy groups -OCH3 is 2. The molecular weight excluding hydrogens is 364 g/mol. The Hall–Kier alpha value is -3.62. The van der Waals surface area contributed by atoms with Crippen LogP contribution in [0, 0.1) is 10.1 Å². The number of aromatic nitrogens is 2. The summed E-state index contributed by atoms with van der Waals surface area (Å²) in [6.07, 6.45) is 2.04. The van der Waals surface area contributed by atoms with Crippen molar-refractivity contribution in [3.8, 4) is 11.5 Å². The van der Waals surface area contributed by atoms with E-state index in [9.17, 15) is 14.9 Å². The van der Waals surface area contributed by atoms with Crippen LogP contribution in [0.2, 0.25) is 0 Å². The van der Waals surface area contributed by atoms with Gasteiger partial charge in [0, 0.05) is 12.6 Å². The number of nitro benzene ring substituents is 1. The smallest absolute Gasteiger partial charge is 0.295 e. The van der Waals surface area contributed by atoms with Gasteiger partial charge in [0.1, 0.15) is 12.1 Å². The predicted molar refractivity (Wildman–Crippen MR) is 103 cm³/mol. The van der Waals surface area contributed by atoms with Gasteiger partial charge in [0.2, 0.25) is 5.91 Å². The van der Waals surface area contributed by atoms with Crippen molar-refractivity contribution >= 4 is 22.6 Å². The summed E-state index contributed by atoms with van der Waals surface area (Å²) in [5.41, 5.74) is 1.73. The van der Waals surface area contributed by atoms with Gasteiger partial charge in [-0.15, -0.1) is 0 Å². The van der Waals surface area contributed by atoms with Crippen molar-refractivity contribution in [3.63, 3.8) is 0 Å². The molecule has 0 unspecified atom stereocenters. The second-order valence-electron chi connectivity index (χ2n) is 6.06. The quantitative estimate of drug-likeness (QED) is 0.472. The summed E-state index contributed by atoms with van der Waals surface area (Å²) in [5.74, 6) is 1.02. The summed E-state index contributed by atoms with van der Waals surface area (Å²) in [4.78, 5) is 27.2. The van der Waals surface area contributed by atoms with Crippen LogP contribution < -0.4 is 14.8 Å². The van der Waals surface area contributed by atoms with Crippen LogP contribution in [-0.4, -0.2) is 41.1 Å². The van der Waals surface area contributed by atoms with E-state index in [1.807, 2.05) is 18.2 Å². The SMILES string of the molecule is COc1ccc(CCNC(=O)Cn2cnc3cccc([N+](=O)[O-])c32)cc1OC. The molecule has 1 N–H and O–H groups in total. The molecule has 3 rings (SSSR count). The van der Waals surface area contributed by atoms with E-state index >= 15 is 0 Å². The van der Waals surface area contributed by atoms with E-state index in [1.165, 1.54) is 17.0 Å². The van der Waals surface area contributed by atoms with E-state index in [0.717, 1.165) is 5.56 Å². The molecule has 146 valence electrons. The largest absolute Gasteiger partial charge is 0.493 e. The van der Waals surface area contributed by atoms with Crippen LogP contribution in [0.5, 0.6) is 11.5 Å². The molecule has 0 saturated carbocycles. The highest BCUT2D eigenvalue weighted by molar-refractivity contribution is 5.86. The molecule has 0 atom stereocenters. The fourth-order valence-electron chi connectivity index (χ4n) is 2.97. The number of fused-ring (bicyclic) bond motifs is 1. The first kappa shape index (κ1) is 19.2. The molecule has 1 aromatic heterocycles. The Bertz CT molecular complexity index is 1010. The summed E-state index contributed by atoms with van der Waals surface area (Å²) >= 11 is 0. The van der Waals surface area contributed by atoms with Gasteiger partial charge in [0.25, 0.3) is 5.69 Å². The van der Waals surface area contributed by atoms with Gasteiger partial charge in [-0.1, -0.05) is 12.1 Å². The topological polar surface area (TPSA) is 109 Å². The lowest BCUT2D eigenvalue weighted by Crippen LogP contribution is -2.29. The normalized spacial score (nSPS) is 10.6. The number of rotatable bonds is 8. The molecule has 3 aromatic rings. The summed E-state index contributed by atoms with van der Waals surface area (Å²) < 4.78 is 12.0. The molecule has 0 aliphatic heterocycles. The molecule has 1 amide bonds. The maximum absolute atomic E-state index is 12.3. The number of nitro groups is 1. The van der Waals surface area contributed by atoms with Gasteiger partial charge in [0.15, 0.2) is 11.5 Å². The first-order valence-electron chi connectivity index (χ1n) is 8.59. The number of amides is 1. The number of nitrogens with zero attached hydrogens (tertiary/aromatic N) is 3. The van der Waals surface area contributed by atoms with E-state index in [4.69, 9.17) is 9.47 Å². The second-order valence-corrected chi connectivity index (χ2v) is 6.06. The minimum atomic E-state index is -0.477. The molecule has 2 aromatic carbocycles. The molecule has 0 saturated heterocycles. The number of hydrogen-bond acceptors (Lipinski definition) is 6. The van der Waals surface area contributed by atoms with Crippen LogP contribution in [0.1, 0.15) is 5.56 Å². The summed E-state index contributed by atoms with van der Waals surface area (Å²) in [6, 6.07) is 10.2. The van der Waals surface area contributed by atoms with Gasteiger partial charge >= 0.3 is 0 Å². The van der Waals surface area contributed by atoms with Crippen molar-refractivity contribution in [2.24, 2.45) is 0 Å². The third kappa shape index (κ3) is 4.03. The Labute approximate surface area is 161 Å². The molecular formula is C19H20N4O5. The number of hydrogen-bond donors (Lipinski definition) is 1. The zero-order valence-electron chi connectivity index (χ0n) is 15.5. The Morgan fingerprint density at radius 3 is 2.71 bits per heavy atom. The minimum absolute atomic E-state index is 0.0483. The second kappa shape index (κ2) is 8.38. The molecule has 1 heterocycles. The van der Waals surface area contributed by atoms with Crippen LogP contribution in [0.3, 0.4) is 0 Å². The van der Waals surface area contributed by atoms with E-state index in [0.29, 0.717) is 35.5 Å². The number of benzene rings is 2. The van der Waals surface area contributed by atoms with Crippen molar-refractivity contribution in [1.29, 1.82) is 0 Å². The number of carbonyl (C=O) groups excluding carboxylic acids is 1. The molecule has 0 aliphatic carbocycles. The molecule has 0 aliphatic rings.